The van der Waals surface area contributed by atoms with Crippen LogP contribution in [0.15, 0.2) is 18.5 Å². The van der Waals surface area contributed by atoms with E-state index in [2.05, 4.69) is 61.5 Å². The van der Waals surface area contributed by atoms with Crippen LogP contribution in [0.5, 0.6) is 0 Å². The maximum atomic E-state index is 6.40. The van der Waals surface area contributed by atoms with Gasteiger partial charge in [-0.1, -0.05) is 27.7 Å². The topological polar surface area (TPSA) is 39.9 Å². The lowest BCUT2D eigenvalue weighted by Crippen LogP contribution is -2.42. The molecule has 0 bridgehead atoms. The standard InChI is InChI=1S/C17H28ClN3OSi/c1-7-13(12-22-23(5,6)17(2,3)4)11-21-9-8-14-10-19-16(18)20-15(14)21/h8-10,13H,7,11-12H2,1-6H3. The molecule has 0 saturated carbocycles. The number of hydrogen-bond acceptors (Lipinski definition) is 3. The van der Waals surface area contributed by atoms with E-state index in [4.69, 9.17) is 16.0 Å². The summed E-state index contributed by atoms with van der Waals surface area (Å²) in [6.45, 7) is 15.3. The van der Waals surface area contributed by atoms with E-state index in [0.29, 0.717) is 11.2 Å². The lowest BCUT2D eigenvalue weighted by atomic mass is 10.1. The quantitative estimate of drug-likeness (QED) is 0.533. The van der Waals surface area contributed by atoms with Gasteiger partial charge in [-0.05, 0) is 48.1 Å². The summed E-state index contributed by atoms with van der Waals surface area (Å²) < 4.78 is 8.56. The predicted octanol–water partition coefficient (Wildman–Crippen LogP) is 5.13. The van der Waals surface area contributed by atoms with Gasteiger partial charge in [0.05, 0.1) is 0 Å². The van der Waals surface area contributed by atoms with Crippen molar-refractivity contribution in [1.29, 1.82) is 0 Å². The first-order valence-electron chi connectivity index (χ1n) is 8.25. The summed E-state index contributed by atoms with van der Waals surface area (Å²) in [4.78, 5) is 8.39. The summed E-state index contributed by atoms with van der Waals surface area (Å²) in [6.07, 6.45) is 4.91. The van der Waals surface area contributed by atoms with Gasteiger partial charge in [0.25, 0.3) is 0 Å². The van der Waals surface area contributed by atoms with Crippen LogP contribution in [0.25, 0.3) is 11.0 Å². The van der Waals surface area contributed by atoms with Crippen LogP contribution in [-0.2, 0) is 11.0 Å². The second-order valence-corrected chi connectivity index (χ2v) is 12.9. The fraction of sp³-hybridized carbons (Fsp3) is 0.647. The molecule has 0 aliphatic heterocycles. The Hall–Kier alpha value is -0.913. The van der Waals surface area contributed by atoms with Crippen LogP contribution >= 0.6 is 11.6 Å². The van der Waals surface area contributed by atoms with Crippen LogP contribution in [0.2, 0.25) is 23.4 Å². The molecule has 23 heavy (non-hydrogen) atoms. The summed E-state index contributed by atoms with van der Waals surface area (Å²) in [5, 5.41) is 1.56. The van der Waals surface area contributed by atoms with E-state index in [9.17, 15) is 0 Å². The Kier molecular flexibility index (Phi) is 5.54. The van der Waals surface area contributed by atoms with Crippen molar-refractivity contribution in [2.24, 2.45) is 5.92 Å². The Morgan fingerprint density at radius 3 is 2.65 bits per heavy atom. The van der Waals surface area contributed by atoms with Gasteiger partial charge in [0.15, 0.2) is 8.32 Å². The molecule has 2 aromatic rings. The van der Waals surface area contributed by atoms with Crippen LogP contribution in [0, 0.1) is 5.92 Å². The van der Waals surface area contributed by atoms with Gasteiger partial charge in [-0.2, -0.15) is 4.98 Å². The van der Waals surface area contributed by atoms with E-state index in [1.165, 1.54) is 0 Å². The van der Waals surface area contributed by atoms with Crippen LogP contribution in [0.3, 0.4) is 0 Å². The van der Waals surface area contributed by atoms with Crippen LogP contribution in [0.1, 0.15) is 34.1 Å². The third kappa shape index (κ3) is 4.34. The maximum absolute atomic E-state index is 6.40. The van der Waals surface area contributed by atoms with Crippen molar-refractivity contribution in [2.75, 3.05) is 6.61 Å². The molecule has 0 fully saturated rings. The molecule has 128 valence electrons. The van der Waals surface area contributed by atoms with Gasteiger partial charge >= 0.3 is 0 Å². The van der Waals surface area contributed by atoms with E-state index in [1.54, 1.807) is 6.20 Å². The van der Waals surface area contributed by atoms with E-state index >= 15 is 0 Å². The summed E-state index contributed by atoms with van der Waals surface area (Å²) >= 11 is 5.93. The molecule has 2 aromatic heterocycles. The van der Waals surface area contributed by atoms with Crippen molar-refractivity contribution in [3.05, 3.63) is 23.7 Å². The minimum absolute atomic E-state index is 0.242. The fourth-order valence-electron chi connectivity index (χ4n) is 2.22. The molecule has 4 nitrogen and oxygen atoms in total. The van der Waals surface area contributed by atoms with Gasteiger partial charge in [-0.15, -0.1) is 0 Å². The molecule has 1 unspecified atom stereocenters. The Morgan fingerprint density at radius 2 is 2.04 bits per heavy atom. The molecule has 0 aliphatic rings. The molecule has 0 N–H and O–H groups in total. The number of fused-ring (bicyclic) bond motifs is 1. The highest BCUT2D eigenvalue weighted by Crippen LogP contribution is 2.37. The van der Waals surface area contributed by atoms with Crippen LogP contribution in [-0.4, -0.2) is 29.5 Å². The lowest BCUT2D eigenvalue weighted by molar-refractivity contribution is 0.210. The van der Waals surface area contributed by atoms with Crippen molar-refractivity contribution < 1.29 is 4.43 Å². The minimum atomic E-state index is -1.70. The Morgan fingerprint density at radius 1 is 1.35 bits per heavy atom. The Bertz CT molecular complexity index is 663. The third-order valence-electron chi connectivity index (χ3n) is 4.99. The molecule has 2 rings (SSSR count). The number of nitrogens with zero attached hydrogens (tertiary/aromatic N) is 3. The molecule has 6 heteroatoms. The average Bonchev–Trinajstić information content (AvgIpc) is 2.84. The highest BCUT2D eigenvalue weighted by atomic mass is 35.5. The molecule has 0 aromatic carbocycles. The zero-order valence-electron chi connectivity index (χ0n) is 15.1. The lowest BCUT2D eigenvalue weighted by Gasteiger charge is -2.37. The molecule has 0 aliphatic carbocycles. The SMILES string of the molecule is CCC(CO[Si](C)(C)C(C)(C)C)Cn1ccc2cnc(Cl)nc21. The molecule has 0 spiro atoms. The fourth-order valence-corrected chi connectivity index (χ4v) is 3.43. The molecule has 0 amide bonds. The zero-order chi connectivity index (χ0) is 17.3. The van der Waals surface area contributed by atoms with Gasteiger partial charge < -0.3 is 8.99 Å². The van der Waals surface area contributed by atoms with Crippen molar-refractivity contribution in [3.8, 4) is 0 Å². The molecular formula is C17H28ClN3OSi. The highest BCUT2D eigenvalue weighted by molar-refractivity contribution is 6.74. The first kappa shape index (κ1) is 18.4. The third-order valence-corrected chi connectivity index (χ3v) is 9.67. The number of halogens is 1. The molecule has 2 heterocycles. The Labute approximate surface area is 145 Å². The first-order chi connectivity index (χ1) is 10.6. The number of aromatic nitrogens is 3. The maximum Gasteiger partial charge on any atom is 0.224 e. The van der Waals surface area contributed by atoms with Crippen LogP contribution < -0.4 is 0 Å². The Balaban J connectivity index is 2.08. The minimum Gasteiger partial charge on any atom is -0.416 e. The van der Waals surface area contributed by atoms with E-state index in [1.807, 2.05) is 6.07 Å². The van der Waals surface area contributed by atoms with E-state index in [-0.39, 0.29) is 5.04 Å². The van der Waals surface area contributed by atoms with Gasteiger partial charge in [0.1, 0.15) is 5.65 Å². The summed E-state index contributed by atoms with van der Waals surface area (Å²) in [5.74, 6) is 0.466. The summed E-state index contributed by atoms with van der Waals surface area (Å²) in [7, 11) is -1.70. The molecule has 1 atom stereocenters. The largest absolute Gasteiger partial charge is 0.416 e. The molecule has 0 radical (unpaired) electrons. The van der Waals surface area contributed by atoms with Gasteiger partial charge in [-0.3, -0.25) is 0 Å². The number of rotatable bonds is 6. The first-order valence-corrected chi connectivity index (χ1v) is 11.5. The van der Waals surface area contributed by atoms with Crippen molar-refractivity contribution >= 4 is 31.0 Å². The monoisotopic (exact) mass is 353 g/mol. The van der Waals surface area contributed by atoms with E-state index < -0.39 is 8.32 Å². The second-order valence-electron chi connectivity index (χ2n) is 7.73. The summed E-state index contributed by atoms with van der Waals surface area (Å²) in [6, 6.07) is 2.03. The predicted molar refractivity (Wildman–Crippen MR) is 99.5 cm³/mol. The average molecular weight is 354 g/mol. The number of hydrogen-bond donors (Lipinski definition) is 0. The van der Waals surface area contributed by atoms with Gasteiger partial charge in [0, 0.05) is 30.9 Å². The normalized spacial score (nSPS) is 14.4. The van der Waals surface area contributed by atoms with Crippen molar-refractivity contribution in [2.45, 2.75) is 58.8 Å². The molecular weight excluding hydrogens is 326 g/mol. The van der Waals surface area contributed by atoms with Crippen molar-refractivity contribution in [1.82, 2.24) is 14.5 Å². The zero-order valence-corrected chi connectivity index (χ0v) is 16.8. The van der Waals surface area contributed by atoms with Gasteiger partial charge in [-0.25, -0.2) is 4.98 Å². The molecule has 0 saturated heterocycles. The second kappa shape index (κ2) is 6.91. The van der Waals surface area contributed by atoms with Crippen LogP contribution in [0.4, 0.5) is 0 Å². The summed E-state index contributed by atoms with van der Waals surface area (Å²) in [5.41, 5.74) is 0.899. The smallest absolute Gasteiger partial charge is 0.224 e. The van der Waals surface area contributed by atoms with Gasteiger partial charge in [0.2, 0.25) is 5.28 Å². The highest BCUT2D eigenvalue weighted by Gasteiger charge is 2.37. The van der Waals surface area contributed by atoms with Crippen molar-refractivity contribution in [3.63, 3.8) is 0 Å². The van der Waals surface area contributed by atoms with E-state index in [0.717, 1.165) is 30.6 Å².